The first-order chi connectivity index (χ1) is 13.7. The van der Waals surface area contributed by atoms with E-state index in [4.69, 9.17) is 13.8 Å². The van der Waals surface area contributed by atoms with Crippen LogP contribution in [0.3, 0.4) is 0 Å². The van der Waals surface area contributed by atoms with E-state index in [2.05, 4.69) is 4.98 Å². The Morgan fingerprint density at radius 2 is 1.79 bits per heavy atom. The van der Waals surface area contributed by atoms with Gasteiger partial charge in [0, 0.05) is 12.3 Å². The van der Waals surface area contributed by atoms with Gasteiger partial charge in [0.1, 0.15) is 5.75 Å². The first-order valence-electron chi connectivity index (χ1n) is 9.45. The number of rotatable bonds is 9. The molecule has 1 aliphatic rings. The SMILES string of the molecule is CCOP(=O)(Cc1cc(Oc2ccc(C(F)(F)F)cn2)cc(C2CC2)c1)OCC. The van der Waals surface area contributed by atoms with Crippen molar-refractivity contribution in [3.8, 4) is 11.6 Å². The predicted octanol–water partition coefficient (Wildman–Crippen LogP) is 6.54. The highest BCUT2D eigenvalue weighted by molar-refractivity contribution is 7.53. The molecule has 1 aromatic heterocycles. The summed E-state index contributed by atoms with van der Waals surface area (Å²) in [5, 5.41) is 0. The van der Waals surface area contributed by atoms with Gasteiger partial charge in [-0.1, -0.05) is 6.07 Å². The minimum absolute atomic E-state index is 0.0506. The molecule has 3 rings (SSSR count). The zero-order valence-electron chi connectivity index (χ0n) is 16.2. The molecule has 0 N–H and O–H groups in total. The third-order valence-electron chi connectivity index (χ3n) is 4.35. The summed E-state index contributed by atoms with van der Waals surface area (Å²) in [5.41, 5.74) is 0.914. The second-order valence-corrected chi connectivity index (χ2v) is 8.83. The van der Waals surface area contributed by atoms with Crippen molar-refractivity contribution in [2.45, 2.75) is 44.9 Å². The molecule has 2 aromatic rings. The van der Waals surface area contributed by atoms with E-state index in [-0.39, 0.29) is 25.3 Å². The molecule has 1 heterocycles. The molecule has 0 spiro atoms. The fourth-order valence-electron chi connectivity index (χ4n) is 2.96. The van der Waals surface area contributed by atoms with E-state index in [0.29, 0.717) is 11.7 Å². The Balaban J connectivity index is 1.84. The van der Waals surface area contributed by atoms with Crippen LogP contribution in [0, 0.1) is 0 Å². The van der Waals surface area contributed by atoms with Crippen molar-refractivity contribution < 1.29 is 31.5 Å². The second kappa shape index (κ2) is 8.86. The van der Waals surface area contributed by atoms with Gasteiger partial charge in [-0.15, -0.1) is 0 Å². The van der Waals surface area contributed by atoms with Gasteiger partial charge in [0.15, 0.2) is 0 Å². The van der Waals surface area contributed by atoms with Crippen LogP contribution in [0.15, 0.2) is 36.5 Å². The molecule has 1 aromatic carbocycles. The monoisotopic (exact) mass is 429 g/mol. The Labute approximate surface area is 167 Å². The molecule has 9 heteroatoms. The Hall–Kier alpha value is -1.89. The summed E-state index contributed by atoms with van der Waals surface area (Å²) in [5.74, 6) is 0.877. The van der Waals surface area contributed by atoms with Gasteiger partial charge in [-0.25, -0.2) is 4.98 Å². The molecule has 0 radical (unpaired) electrons. The first kappa shape index (κ1) is 21.8. The highest BCUT2D eigenvalue weighted by Gasteiger charge is 2.31. The fourth-order valence-corrected chi connectivity index (χ4v) is 4.64. The van der Waals surface area contributed by atoms with Gasteiger partial charge in [0.2, 0.25) is 5.88 Å². The van der Waals surface area contributed by atoms with Crippen LogP contribution in [-0.2, 0) is 26.0 Å². The average molecular weight is 429 g/mol. The van der Waals surface area contributed by atoms with Crippen LogP contribution >= 0.6 is 7.60 Å². The lowest BCUT2D eigenvalue weighted by Gasteiger charge is -2.18. The quantitative estimate of drug-likeness (QED) is 0.424. The van der Waals surface area contributed by atoms with Crippen LogP contribution in [0.25, 0.3) is 0 Å². The number of hydrogen-bond acceptors (Lipinski definition) is 5. The zero-order chi connectivity index (χ0) is 21.1. The third-order valence-corrected chi connectivity index (χ3v) is 6.41. The smallest absolute Gasteiger partial charge is 0.417 e. The van der Waals surface area contributed by atoms with Crippen molar-refractivity contribution >= 4 is 7.60 Å². The topological polar surface area (TPSA) is 57.7 Å². The van der Waals surface area contributed by atoms with Crippen molar-refractivity contribution in [1.82, 2.24) is 4.98 Å². The number of halogens is 3. The largest absolute Gasteiger partial charge is 0.439 e. The molecule has 0 bridgehead atoms. The minimum atomic E-state index is -4.45. The van der Waals surface area contributed by atoms with Crippen LogP contribution in [0.4, 0.5) is 13.2 Å². The number of nitrogens with zero attached hydrogens (tertiary/aromatic N) is 1. The Morgan fingerprint density at radius 3 is 2.31 bits per heavy atom. The van der Waals surface area contributed by atoms with Crippen LogP contribution in [0.2, 0.25) is 0 Å². The second-order valence-electron chi connectivity index (χ2n) is 6.77. The number of hydrogen-bond donors (Lipinski definition) is 0. The molecular weight excluding hydrogens is 406 g/mol. The lowest BCUT2D eigenvalue weighted by Crippen LogP contribution is -2.05. The van der Waals surface area contributed by atoms with Crippen molar-refractivity contribution in [1.29, 1.82) is 0 Å². The molecule has 0 aliphatic heterocycles. The van der Waals surface area contributed by atoms with E-state index in [0.717, 1.165) is 36.2 Å². The van der Waals surface area contributed by atoms with Crippen LogP contribution < -0.4 is 4.74 Å². The minimum Gasteiger partial charge on any atom is -0.439 e. The van der Waals surface area contributed by atoms with Gasteiger partial charge in [0.05, 0.1) is 24.9 Å². The summed E-state index contributed by atoms with van der Waals surface area (Å²) in [4.78, 5) is 3.75. The Kier molecular flexibility index (Phi) is 6.66. The Bertz CT molecular complexity index is 872. The lowest BCUT2D eigenvalue weighted by molar-refractivity contribution is -0.137. The van der Waals surface area contributed by atoms with Crippen LogP contribution in [-0.4, -0.2) is 18.2 Å². The molecule has 0 unspecified atom stereocenters. The lowest BCUT2D eigenvalue weighted by atomic mass is 10.1. The molecule has 0 saturated heterocycles. The number of aromatic nitrogens is 1. The van der Waals surface area contributed by atoms with Crippen LogP contribution in [0.1, 0.15) is 49.3 Å². The summed E-state index contributed by atoms with van der Waals surface area (Å²) in [7, 11) is -3.29. The van der Waals surface area contributed by atoms with Crippen LogP contribution in [0.5, 0.6) is 11.6 Å². The number of pyridine rings is 1. The van der Waals surface area contributed by atoms with Gasteiger partial charge in [-0.2, -0.15) is 13.2 Å². The number of benzene rings is 1. The highest BCUT2D eigenvalue weighted by atomic mass is 31.2. The van der Waals surface area contributed by atoms with Gasteiger partial charge < -0.3 is 13.8 Å². The number of alkyl halides is 3. The molecule has 1 aliphatic carbocycles. The van der Waals surface area contributed by atoms with E-state index >= 15 is 0 Å². The van der Waals surface area contributed by atoms with E-state index in [9.17, 15) is 17.7 Å². The van der Waals surface area contributed by atoms with E-state index in [1.165, 1.54) is 6.07 Å². The van der Waals surface area contributed by atoms with Crippen molar-refractivity contribution in [3.63, 3.8) is 0 Å². The summed E-state index contributed by atoms with van der Waals surface area (Å²) in [6.07, 6.45) is -1.53. The maximum Gasteiger partial charge on any atom is 0.417 e. The normalized spacial score (nSPS) is 14.8. The molecule has 1 saturated carbocycles. The molecule has 1 fully saturated rings. The predicted molar refractivity (Wildman–Crippen MR) is 102 cm³/mol. The first-order valence-corrected chi connectivity index (χ1v) is 11.2. The maximum atomic E-state index is 12.9. The van der Waals surface area contributed by atoms with Gasteiger partial charge in [-0.3, -0.25) is 4.57 Å². The standard InChI is InChI=1S/C20H23F3NO4P/c1-3-26-29(25,27-4-2)13-14-9-16(15-5-6-15)11-18(10-14)28-19-8-7-17(12-24-19)20(21,22)23/h7-12,15H,3-6,13H2,1-2H3. The molecule has 158 valence electrons. The molecule has 0 atom stereocenters. The summed E-state index contributed by atoms with van der Waals surface area (Å²) in [6.45, 7) is 4.02. The van der Waals surface area contributed by atoms with E-state index in [1.54, 1.807) is 19.9 Å². The molecular formula is C20H23F3NO4P. The van der Waals surface area contributed by atoms with Gasteiger partial charge in [0.25, 0.3) is 0 Å². The molecule has 5 nitrogen and oxygen atoms in total. The third kappa shape index (κ3) is 6.04. The van der Waals surface area contributed by atoms with Crippen molar-refractivity contribution in [2.75, 3.05) is 13.2 Å². The van der Waals surface area contributed by atoms with E-state index in [1.807, 2.05) is 12.1 Å². The maximum absolute atomic E-state index is 12.9. The number of ether oxygens (including phenoxy) is 1. The van der Waals surface area contributed by atoms with E-state index < -0.39 is 19.3 Å². The Morgan fingerprint density at radius 1 is 1.10 bits per heavy atom. The summed E-state index contributed by atoms with van der Waals surface area (Å²) in [6, 6.07) is 7.59. The fraction of sp³-hybridized carbons (Fsp3) is 0.450. The summed E-state index contributed by atoms with van der Waals surface area (Å²) >= 11 is 0. The van der Waals surface area contributed by atoms with Crippen molar-refractivity contribution in [3.05, 3.63) is 53.2 Å². The molecule has 29 heavy (non-hydrogen) atoms. The van der Waals surface area contributed by atoms with Gasteiger partial charge >= 0.3 is 13.8 Å². The van der Waals surface area contributed by atoms with Gasteiger partial charge in [-0.05, 0) is 61.9 Å². The average Bonchev–Trinajstić information content (AvgIpc) is 3.46. The zero-order valence-corrected chi connectivity index (χ0v) is 17.1. The summed E-state index contributed by atoms with van der Waals surface area (Å²) < 4.78 is 67.4. The highest BCUT2D eigenvalue weighted by Crippen LogP contribution is 2.52. The molecule has 0 amide bonds. The van der Waals surface area contributed by atoms with Crippen molar-refractivity contribution in [2.24, 2.45) is 0 Å².